The molecule has 0 aliphatic carbocycles. The van der Waals surface area contributed by atoms with Crippen molar-refractivity contribution >= 4 is 22.6 Å². The molecule has 32 heavy (non-hydrogen) atoms. The van der Waals surface area contributed by atoms with E-state index in [1.54, 1.807) is 41.2 Å². The first-order valence-electron chi connectivity index (χ1n) is 9.92. The molecular formula is C24H18FN5O2. The molecule has 0 spiro atoms. The maximum Gasteiger partial charge on any atom is 0.323 e. The number of carbonyl (C=O) groups excluding carboxylic acids is 1. The Balaban J connectivity index is 1.56. The fourth-order valence-corrected chi connectivity index (χ4v) is 3.58. The molecule has 158 valence electrons. The average Bonchev–Trinajstić information content (AvgIpc) is 3.37. The number of hydrogen-bond acceptors (Lipinski definition) is 3. The van der Waals surface area contributed by atoms with Crippen molar-refractivity contribution in [2.45, 2.75) is 6.92 Å². The first-order valence-corrected chi connectivity index (χ1v) is 9.92. The van der Waals surface area contributed by atoms with E-state index >= 15 is 0 Å². The Morgan fingerprint density at radius 1 is 1.00 bits per heavy atom. The number of halogens is 1. The van der Waals surface area contributed by atoms with E-state index in [9.17, 15) is 14.0 Å². The molecule has 0 saturated heterocycles. The van der Waals surface area contributed by atoms with Gasteiger partial charge in [0.1, 0.15) is 11.5 Å². The number of rotatable bonds is 4. The van der Waals surface area contributed by atoms with E-state index in [2.05, 4.69) is 20.4 Å². The fourth-order valence-electron chi connectivity index (χ4n) is 3.58. The molecule has 8 heteroatoms. The first kappa shape index (κ1) is 19.5. The van der Waals surface area contributed by atoms with Crippen molar-refractivity contribution in [1.29, 1.82) is 0 Å². The van der Waals surface area contributed by atoms with E-state index in [1.165, 1.54) is 12.1 Å². The maximum absolute atomic E-state index is 13.4. The summed E-state index contributed by atoms with van der Waals surface area (Å²) in [5.74, 6) is -0.705. The number of hydrogen-bond donors (Lipinski definition) is 3. The van der Waals surface area contributed by atoms with Crippen LogP contribution < -0.4 is 11.0 Å². The van der Waals surface area contributed by atoms with Gasteiger partial charge in [0, 0.05) is 17.4 Å². The van der Waals surface area contributed by atoms with Gasteiger partial charge >= 0.3 is 5.69 Å². The lowest BCUT2D eigenvalue weighted by molar-refractivity contribution is 0.102. The third-order valence-corrected chi connectivity index (χ3v) is 5.12. The number of aromatic amines is 2. The summed E-state index contributed by atoms with van der Waals surface area (Å²) in [4.78, 5) is 30.1. The standard InChI is InChI=1S/C24H18FN5O2/c1-14-3-2-4-15(11-14)22-19(13-30(29-22)18-8-5-16(25)6-9-18)23(31)26-17-7-10-20-21(12-17)28-24(32)27-20/h2-13H,1H3,(H,26,31)(H2,27,28,32). The highest BCUT2D eigenvalue weighted by Crippen LogP contribution is 2.26. The molecule has 5 aromatic rings. The van der Waals surface area contributed by atoms with Gasteiger partial charge < -0.3 is 15.3 Å². The Morgan fingerprint density at radius 2 is 1.78 bits per heavy atom. The number of amides is 1. The van der Waals surface area contributed by atoms with E-state index in [-0.39, 0.29) is 17.4 Å². The number of aryl methyl sites for hydroxylation is 1. The number of nitrogens with one attached hydrogen (secondary N) is 3. The van der Waals surface area contributed by atoms with Crippen LogP contribution in [0, 0.1) is 12.7 Å². The van der Waals surface area contributed by atoms with Crippen LogP contribution in [0.2, 0.25) is 0 Å². The highest BCUT2D eigenvalue weighted by molar-refractivity contribution is 6.08. The molecule has 0 unspecified atom stereocenters. The molecule has 5 rings (SSSR count). The van der Waals surface area contributed by atoms with Gasteiger partial charge in [-0.3, -0.25) is 4.79 Å². The molecule has 0 fully saturated rings. The fraction of sp³-hybridized carbons (Fsp3) is 0.0417. The Labute approximate surface area is 181 Å². The number of benzene rings is 3. The largest absolute Gasteiger partial charge is 0.323 e. The molecule has 1 amide bonds. The van der Waals surface area contributed by atoms with Gasteiger partial charge in [0.2, 0.25) is 0 Å². The number of H-pyrrole nitrogens is 2. The molecule has 0 saturated carbocycles. The predicted molar refractivity (Wildman–Crippen MR) is 121 cm³/mol. The van der Waals surface area contributed by atoms with Crippen LogP contribution in [-0.2, 0) is 0 Å². The van der Waals surface area contributed by atoms with Crippen molar-refractivity contribution in [2.75, 3.05) is 5.32 Å². The quantitative estimate of drug-likeness (QED) is 0.396. The molecule has 0 aliphatic heterocycles. The molecule has 2 aromatic heterocycles. The maximum atomic E-state index is 13.4. The van der Waals surface area contributed by atoms with Gasteiger partial charge in [0.05, 0.1) is 22.3 Å². The second-order valence-corrected chi connectivity index (χ2v) is 7.48. The average molecular weight is 427 g/mol. The highest BCUT2D eigenvalue weighted by atomic mass is 19.1. The molecule has 3 aromatic carbocycles. The van der Waals surface area contributed by atoms with Crippen LogP contribution in [0.15, 0.2) is 77.7 Å². The smallest absolute Gasteiger partial charge is 0.322 e. The lowest BCUT2D eigenvalue weighted by atomic mass is 10.1. The number of aromatic nitrogens is 4. The lowest BCUT2D eigenvalue weighted by Gasteiger charge is -2.06. The van der Waals surface area contributed by atoms with Crippen LogP contribution in [0.4, 0.5) is 10.1 Å². The Hall–Kier alpha value is -4.46. The van der Waals surface area contributed by atoms with E-state index in [0.29, 0.717) is 33.7 Å². The van der Waals surface area contributed by atoms with Crippen LogP contribution in [-0.4, -0.2) is 25.7 Å². The van der Waals surface area contributed by atoms with Gasteiger partial charge in [-0.2, -0.15) is 5.10 Å². The molecular weight excluding hydrogens is 409 g/mol. The summed E-state index contributed by atoms with van der Waals surface area (Å²) in [5, 5.41) is 7.49. The van der Waals surface area contributed by atoms with E-state index in [1.807, 2.05) is 31.2 Å². The molecule has 0 aliphatic rings. The summed E-state index contributed by atoms with van der Waals surface area (Å²) in [5.41, 5.74) is 4.79. The van der Waals surface area contributed by atoms with E-state index in [4.69, 9.17) is 0 Å². The van der Waals surface area contributed by atoms with Crippen molar-refractivity contribution in [3.63, 3.8) is 0 Å². The monoisotopic (exact) mass is 427 g/mol. The van der Waals surface area contributed by atoms with Crippen molar-refractivity contribution in [1.82, 2.24) is 19.7 Å². The Morgan fingerprint density at radius 3 is 2.56 bits per heavy atom. The number of nitrogens with zero attached hydrogens (tertiary/aromatic N) is 2. The van der Waals surface area contributed by atoms with Crippen LogP contribution in [0.25, 0.3) is 28.0 Å². The third-order valence-electron chi connectivity index (χ3n) is 5.12. The van der Waals surface area contributed by atoms with Crippen LogP contribution in [0.3, 0.4) is 0 Å². The Bertz CT molecular complexity index is 1510. The van der Waals surface area contributed by atoms with Crippen molar-refractivity contribution in [3.05, 3.63) is 100 Å². The molecule has 2 heterocycles. The zero-order valence-corrected chi connectivity index (χ0v) is 17.0. The van der Waals surface area contributed by atoms with Gasteiger partial charge in [-0.05, 0) is 55.5 Å². The predicted octanol–water partition coefficient (Wildman–Crippen LogP) is 4.41. The highest BCUT2D eigenvalue weighted by Gasteiger charge is 2.19. The third kappa shape index (κ3) is 3.69. The minimum Gasteiger partial charge on any atom is -0.322 e. The Kier molecular flexibility index (Phi) is 4.67. The summed E-state index contributed by atoms with van der Waals surface area (Å²) in [6, 6.07) is 18.7. The number of imidazole rings is 1. The van der Waals surface area contributed by atoms with Gasteiger partial charge in [-0.15, -0.1) is 0 Å². The second kappa shape index (κ2) is 7.66. The topological polar surface area (TPSA) is 95.6 Å². The van der Waals surface area contributed by atoms with Gasteiger partial charge in [0.15, 0.2) is 0 Å². The summed E-state index contributed by atoms with van der Waals surface area (Å²) < 4.78 is 14.9. The van der Waals surface area contributed by atoms with Crippen LogP contribution in [0.1, 0.15) is 15.9 Å². The van der Waals surface area contributed by atoms with Gasteiger partial charge in [-0.25, -0.2) is 13.9 Å². The molecule has 0 atom stereocenters. The first-order chi connectivity index (χ1) is 15.5. The molecule has 0 radical (unpaired) electrons. The zero-order valence-electron chi connectivity index (χ0n) is 17.0. The summed E-state index contributed by atoms with van der Waals surface area (Å²) in [7, 11) is 0. The minimum atomic E-state index is -0.355. The lowest BCUT2D eigenvalue weighted by Crippen LogP contribution is -2.12. The van der Waals surface area contributed by atoms with E-state index < -0.39 is 0 Å². The minimum absolute atomic E-state index is 0.314. The molecule has 3 N–H and O–H groups in total. The second-order valence-electron chi connectivity index (χ2n) is 7.48. The van der Waals surface area contributed by atoms with Crippen molar-refractivity contribution in [3.8, 4) is 16.9 Å². The van der Waals surface area contributed by atoms with Gasteiger partial charge in [-0.1, -0.05) is 23.8 Å². The van der Waals surface area contributed by atoms with Gasteiger partial charge in [0.25, 0.3) is 5.91 Å². The molecule has 7 nitrogen and oxygen atoms in total. The summed E-state index contributed by atoms with van der Waals surface area (Å²) in [6.07, 6.45) is 1.62. The van der Waals surface area contributed by atoms with E-state index in [0.717, 1.165) is 11.1 Å². The summed E-state index contributed by atoms with van der Waals surface area (Å²) >= 11 is 0. The molecule has 0 bridgehead atoms. The number of carbonyl (C=O) groups is 1. The zero-order chi connectivity index (χ0) is 22.2. The SMILES string of the molecule is Cc1cccc(-c2nn(-c3ccc(F)cc3)cc2C(=O)Nc2ccc3[nH]c(=O)[nH]c3c2)c1. The normalized spacial score (nSPS) is 11.1. The van der Waals surface area contributed by atoms with Crippen molar-refractivity contribution in [2.24, 2.45) is 0 Å². The van der Waals surface area contributed by atoms with Crippen LogP contribution >= 0.6 is 0 Å². The van der Waals surface area contributed by atoms with Crippen LogP contribution in [0.5, 0.6) is 0 Å². The number of anilines is 1. The van der Waals surface area contributed by atoms with Crippen molar-refractivity contribution < 1.29 is 9.18 Å². The number of fused-ring (bicyclic) bond motifs is 1. The summed E-state index contributed by atoms with van der Waals surface area (Å²) in [6.45, 7) is 1.97.